The molecule has 3 heterocycles. The van der Waals surface area contributed by atoms with Gasteiger partial charge in [-0.25, -0.2) is 8.42 Å². The van der Waals surface area contributed by atoms with E-state index in [2.05, 4.69) is 10.4 Å². The number of aryl methyl sites for hydroxylation is 1. The maximum atomic E-state index is 13.4. The number of rotatable bonds is 5. The number of para-hydroxylation sites is 1. The molecule has 2 aliphatic heterocycles. The van der Waals surface area contributed by atoms with Crippen molar-refractivity contribution in [1.82, 2.24) is 19.4 Å². The Balaban J connectivity index is 1.56. The number of hydrogen-bond donors (Lipinski definition) is 1. The first kappa shape index (κ1) is 22.5. The lowest BCUT2D eigenvalue weighted by atomic mass is 9.99. The van der Waals surface area contributed by atoms with Crippen LogP contribution in [0, 0.1) is 19.8 Å². The van der Waals surface area contributed by atoms with Crippen LogP contribution in [0.3, 0.4) is 0 Å². The van der Waals surface area contributed by atoms with Gasteiger partial charge in [0.05, 0.1) is 17.3 Å². The van der Waals surface area contributed by atoms with Crippen LogP contribution in [-0.2, 0) is 32.6 Å². The molecule has 1 aromatic carbocycles. The monoisotopic (exact) mass is 459 g/mol. The maximum absolute atomic E-state index is 13.4. The maximum Gasteiger partial charge on any atom is 0.248 e. The third-order valence-corrected chi connectivity index (χ3v) is 8.51. The van der Waals surface area contributed by atoms with Crippen LogP contribution in [-0.4, -0.2) is 61.0 Å². The minimum atomic E-state index is -3.84. The zero-order valence-electron chi connectivity index (χ0n) is 18.7. The molecule has 9 nitrogen and oxygen atoms in total. The van der Waals surface area contributed by atoms with Crippen molar-refractivity contribution in [3.05, 3.63) is 41.2 Å². The van der Waals surface area contributed by atoms with Crippen molar-refractivity contribution in [2.24, 2.45) is 5.92 Å². The van der Waals surface area contributed by atoms with Gasteiger partial charge in [0.25, 0.3) is 0 Å². The van der Waals surface area contributed by atoms with Gasteiger partial charge in [0.2, 0.25) is 21.8 Å². The van der Waals surface area contributed by atoms with Gasteiger partial charge in [-0.1, -0.05) is 18.2 Å². The summed E-state index contributed by atoms with van der Waals surface area (Å²) in [7, 11) is -2.28. The highest BCUT2D eigenvalue weighted by Gasteiger charge is 2.36. The molecule has 172 valence electrons. The van der Waals surface area contributed by atoms with Crippen molar-refractivity contribution >= 4 is 27.5 Å². The molecule has 1 saturated heterocycles. The van der Waals surface area contributed by atoms with E-state index in [4.69, 9.17) is 0 Å². The molecule has 32 heavy (non-hydrogen) atoms. The molecule has 0 aliphatic carbocycles. The fourth-order valence-corrected chi connectivity index (χ4v) is 6.62. The lowest BCUT2D eigenvalue weighted by Crippen LogP contribution is -2.45. The van der Waals surface area contributed by atoms with Gasteiger partial charge in [-0.05, 0) is 44.7 Å². The molecule has 1 N–H and O–H groups in total. The number of aromatic nitrogens is 2. The van der Waals surface area contributed by atoms with E-state index in [9.17, 15) is 18.0 Å². The van der Waals surface area contributed by atoms with Crippen LogP contribution in [0.1, 0.15) is 29.8 Å². The van der Waals surface area contributed by atoms with Gasteiger partial charge in [0.1, 0.15) is 11.4 Å². The molecule has 4 rings (SSSR count). The number of benzene rings is 1. The Morgan fingerprint density at radius 2 is 1.94 bits per heavy atom. The number of nitrogens with one attached hydrogen (secondary N) is 1. The zero-order chi connectivity index (χ0) is 23.0. The number of hydrogen-bond acceptors (Lipinski definition) is 5. The minimum Gasteiger partial charge on any atom is -0.359 e. The lowest BCUT2D eigenvalue weighted by Gasteiger charge is -2.31. The number of nitrogens with zero attached hydrogens (tertiary/aromatic N) is 4. The van der Waals surface area contributed by atoms with Gasteiger partial charge in [-0.15, -0.1) is 0 Å². The van der Waals surface area contributed by atoms with Gasteiger partial charge in [0, 0.05) is 32.4 Å². The topological polar surface area (TPSA) is 105 Å². The van der Waals surface area contributed by atoms with Gasteiger partial charge in [0.15, 0.2) is 0 Å². The second-order valence-corrected chi connectivity index (χ2v) is 10.3. The zero-order valence-corrected chi connectivity index (χ0v) is 19.5. The van der Waals surface area contributed by atoms with E-state index < -0.39 is 10.0 Å². The van der Waals surface area contributed by atoms with E-state index in [1.54, 1.807) is 25.8 Å². The van der Waals surface area contributed by atoms with Crippen LogP contribution in [0.5, 0.6) is 0 Å². The summed E-state index contributed by atoms with van der Waals surface area (Å²) in [4.78, 5) is 26.9. The highest BCUT2D eigenvalue weighted by Crippen LogP contribution is 2.30. The van der Waals surface area contributed by atoms with Crippen molar-refractivity contribution in [3.8, 4) is 0 Å². The van der Waals surface area contributed by atoms with Gasteiger partial charge in [-0.3, -0.25) is 14.3 Å². The molecule has 0 saturated carbocycles. The molecule has 0 radical (unpaired) electrons. The average molecular weight is 460 g/mol. The molecule has 1 atom stereocenters. The van der Waals surface area contributed by atoms with E-state index >= 15 is 0 Å². The molecule has 0 bridgehead atoms. The first-order valence-corrected chi connectivity index (χ1v) is 12.3. The molecular weight excluding hydrogens is 430 g/mol. The third kappa shape index (κ3) is 3.93. The van der Waals surface area contributed by atoms with Crippen LogP contribution in [0.15, 0.2) is 29.2 Å². The van der Waals surface area contributed by atoms with E-state index in [1.807, 2.05) is 24.3 Å². The SMILES string of the molecule is CNC(=O)[C@H]1CCCN(S(=O)(=O)c2c(C)nn(CC(=O)N3CCc4ccccc43)c2C)C1. The Morgan fingerprint density at radius 3 is 2.69 bits per heavy atom. The molecule has 2 amide bonds. The van der Waals surface area contributed by atoms with Crippen molar-refractivity contribution < 1.29 is 18.0 Å². The first-order valence-electron chi connectivity index (χ1n) is 10.9. The van der Waals surface area contributed by atoms with Crippen molar-refractivity contribution in [2.75, 3.05) is 31.6 Å². The second kappa shape index (κ2) is 8.67. The predicted molar refractivity (Wildman–Crippen MR) is 120 cm³/mol. The molecule has 0 spiro atoms. The normalized spacial score (nSPS) is 19.1. The van der Waals surface area contributed by atoms with Crippen LogP contribution in [0.2, 0.25) is 0 Å². The largest absolute Gasteiger partial charge is 0.359 e. The molecular formula is C22H29N5O4S. The van der Waals surface area contributed by atoms with Crippen molar-refractivity contribution in [1.29, 1.82) is 0 Å². The lowest BCUT2D eigenvalue weighted by molar-refractivity contribution is -0.125. The van der Waals surface area contributed by atoms with Crippen molar-refractivity contribution in [2.45, 2.75) is 44.6 Å². The molecule has 2 aromatic rings. The number of amides is 2. The summed E-state index contributed by atoms with van der Waals surface area (Å²) >= 11 is 0. The Kier molecular flexibility index (Phi) is 6.09. The summed E-state index contributed by atoms with van der Waals surface area (Å²) in [5, 5.41) is 7.00. The van der Waals surface area contributed by atoms with E-state index in [0.717, 1.165) is 17.7 Å². The highest BCUT2D eigenvalue weighted by molar-refractivity contribution is 7.89. The van der Waals surface area contributed by atoms with Crippen LogP contribution >= 0.6 is 0 Å². The van der Waals surface area contributed by atoms with Crippen molar-refractivity contribution in [3.63, 3.8) is 0 Å². The van der Waals surface area contributed by atoms with E-state index in [-0.39, 0.29) is 35.7 Å². The number of carbonyl (C=O) groups is 2. The standard InChI is InChI=1S/C22H29N5O4S/c1-15-21(32(30,31)25-11-6-8-18(13-25)22(29)23-3)16(2)27(24-15)14-20(28)26-12-10-17-7-4-5-9-19(17)26/h4-5,7,9,18H,6,8,10-14H2,1-3H3,(H,23,29)/t18-/m0/s1. The molecule has 1 aromatic heterocycles. The smallest absolute Gasteiger partial charge is 0.248 e. The highest BCUT2D eigenvalue weighted by atomic mass is 32.2. The Bertz CT molecular complexity index is 1160. The molecule has 10 heteroatoms. The predicted octanol–water partition coefficient (Wildman–Crippen LogP) is 1.24. The Hall–Kier alpha value is -2.72. The first-order chi connectivity index (χ1) is 15.2. The summed E-state index contributed by atoms with van der Waals surface area (Å²) in [5.41, 5.74) is 2.83. The number of piperidine rings is 1. The summed E-state index contributed by atoms with van der Waals surface area (Å²) in [6, 6.07) is 7.81. The summed E-state index contributed by atoms with van der Waals surface area (Å²) in [5.74, 6) is -0.635. The second-order valence-electron chi connectivity index (χ2n) is 8.40. The third-order valence-electron chi connectivity index (χ3n) is 6.39. The number of sulfonamides is 1. The summed E-state index contributed by atoms with van der Waals surface area (Å²) in [6.07, 6.45) is 2.09. The van der Waals surface area contributed by atoms with Crippen LogP contribution in [0.25, 0.3) is 0 Å². The Morgan fingerprint density at radius 1 is 1.19 bits per heavy atom. The Labute approximate surface area is 188 Å². The molecule has 1 fully saturated rings. The summed E-state index contributed by atoms with van der Waals surface area (Å²) in [6.45, 7) is 4.41. The fourth-order valence-electron chi connectivity index (χ4n) is 4.73. The minimum absolute atomic E-state index is 0.0304. The van der Waals surface area contributed by atoms with Gasteiger partial charge in [-0.2, -0.15) is 9.40 Å². The van der Waals surface area contributed by atoms with Crippen LogP contribution < -0.4 is 10.2 Å². The van der Waals surface area contributed by atoms with E-state index in [1.165, 1.54) is 8.99 Å². The van der Waals surface area contributed by atoms with Gasteiger partial charge >= 0.3 is 0 Å². The quantitative estimate of drug-likeness (QED) is 0.724. The molecule has 2 aliphatic rings. The number of anilines is 1. The van der Waals surface area contributed by atoms with Crippen LogP contribution in [0.4, 0.5) is 5.69 Å². The average Bonchev–Trinajstić information content (AvgIpc) is 3.34. The fraction of sp³-hybridized carbons (Fsp3) is 0.500. The number of fused-ring (bicyclic) bond motifs is 1. The van der Waals surface area contributed by atoms with Gasteiger partial charge < -0.3 is 10.2 Å². The summed E-state index contributed by atoms with van der Waals surface area (Å²) < 4.78 is 29.7. The number of carbonyl (C=O) groups excluding carboxylic acids is 2. The molecule has 0 unspecified atom stereocenters. The van der Waals surface area contributed by atoms with E-state index in [0.29, 0.717) is 37.3 Å².